The fourth-order valence-electron chi connectivity index (χ4n) is 2.32. The molecule has 2 heterocycles. The molecule has 1 aromatic rings. The van der Waals surface area contributed by atoms with Gasteiger partial charge in [0.2, 0.25) is 0 Å². The molecule has 0 aromatic carbocycles. The van der Waals surface area contributed by atoms with E-state index in [2.05, 4.69) is 4.98 Å². The van der Waals surface area contributed by atoms with Crippen LogP contribution < -0.4 is 10.6 Å². The second-order valence-electron chi connectivity index (χ2n) is 4.75. The summed E-state index contributed by atoms with van der Waals surface area (Å²) in [6.07, 6.45) is 0. The summed E-state index contributed by atoms with van der Waals surface area (Å²) in [4.78, 5) is 6.69. The number of hydrogen-bond acceptors (Lipinski definition) is 5. The van der Waals surface area contributed by atoms with Crippen molar-refractivity contribution < 1.29 is 8.42 Å². The van der Waals surface area contributed by atoms with Crippen molar-refractivity contribution in [3.63, 3.8) is 0 Å². The molecule has 104 valence electrons. The normalized spacial score (nSPS) is 18.3. The van der Waals surface area contributed by atoms with Gasteiger partial charge in [0.15, 0.2) is 9.84 Å². The van der Waals surface area contributed by atoms with Crippen LogP contribution in [0.4, 0.5) is 5.69 Å². The molecule has 19 heavy (non-hydrogen) atoms. The molecule has 1 aliphatic heterocycles. The molecule has 0 bridgehead atoms. The summed E-state index contributed by atoms with van der Waals surface area (Å²) >= 11 is 5.09. The highest BCUT2D eigenvalue weighted by atomic mass is 32.2. The Morgan fingerprint density at radius 1 is 1.37 bits per heavy atom. The van der Waals surface area contributed by atoms with Crippen LogP contribution in [-0.2, 0) is 9.84 Å². The van der Waals surface area contributed by atoms with E-state index in [0.717, 1.165) is 22.6 Å². The zero-order chi connectivity index (χ0) is 14.2. The third kappa shape index (κ3) is 3.03. The minimum atomic E-state index is -2.90. The first-order chi connectivity index (χ1) is 8.80. The third-order valence-electron chi connectivity index (χ3n) is 3.24. The minimum absolute atomic E-state index is 0.171. The average Bonchev–Trinajstić information content (AvgIpc) is 2.26. The van der Waals surface area contributed by atoms with Crippen molar-refractivity contribution in [2.45, 2.75) is 13.8 Å². The Bertz CT molecular complexity index is 612. The predicted octanol–water partition coefficient (Wildman–Crippen LogP) is 0.567. The van der Waals surface area contributed by atoms with E-state index in [4.69, 9.17) is 18.0 Å². The molecule has 0 amide bonds. The highest BCUT2D eigenvalue weighted by Crippen LogP contribution is 2.25. The topological polar surface area (TPSA) is 76.3 Å². The number of aromatic nitrogens is 1. The largest absolute Gasteiger partial charge is 0.389 e. The van der Waals surface area contributed by atoms with Crippen molar-refractivity contribution >= 4 is 32.7 Å². The number of sulfone groups is 1. The lowest BCUT2D eigenvalue weighted by Gasteiger charge is -2.31. The Kier molecular flexibility index (Phi) is 3.78. The van der Waals surface area contributed by atoms with Crippen molar-refractivity contribution in [1.82, 2.24) is 4.98 Å². The van der Waals surface area contributed by atoms with Gasteiger partial charge < -0.3 is 10.6 Å². The number of nitrogens with two attached hydrogens (primary N) is 1. The van der Waals surface area contributed by atoms with Gasteiger partial charge in [-0.2, -0.15) is 0 Å². The van der Waals surface area contributed by atoms with E-state index in [0.29, 0.717) is 18.1 Å². The minimum Gasteiger partial charge on any atom is -0.389 e. The molecule has 1 saturated heterocycles. The molecule has 0 unspecified atom stereocenters. The Morgan fingerprint density at radius 2 is 1.95 bits per heavy atom. The summed E-state index contributed by atoms with van der Waals surface area (Å²) in [7, 11) is -2.90. The molecule has 0 aliphatic carbocycles. The predicted molar refractivity (Wildman–Crippen MR) is 80.5 cm³/mol. The van der Waals surface area contributed by atoms with Gasteiger partial charge in [0.05, 0.1) is 22.8 Å². The van der Waals surface area contributed by atoms with Gasteiger partial charge >= 0.3 is 0 Å². The van der Waals surface area contributed by atoms with E-state index in [9.17, 15) is 8.42 Å². The van der Waals surface area contributed by atoms with Crippen LogP contribution in [0.5, 0.6) is 0 Å². The summed E-state index contributed by atoms with van der Waals surface area (Å²) < 4.78 is 23.0. The maximum Gasteiger partial charge on any atom is 0.153 e. The SMILES string of the molecule is Cc1cc(N2CCS(=O)(=O)CC2)c(C(N)=S)c(C)n1. The van der Waals surface area contributed by atoms with Crippen LogP contribution >= 0.6 is 12.2 Å². The molecule has 0 radical (unpaired) electrons. The summed E-state index contributed by atoms with van der Waals surface area (Å²) in [6.45, 7) is 4.72. The van der Waals surface area contributed by atoms with Gasteiger partial charge in [0, 0.05) is 24.5 Å². The zero-order valence-corrected chi connectivity index (χ0v) is 12.6. The van der Waals surface area contributed by atoms with Crippen molar-refractivity contribution in [1.29, 1.82) is 0 Å². The highest BCUT2D eigenvalue weighted by molar-refractivity contribution is 7.91. The van der Waals surface area contributed by atoms with E-state index < -0.39 is 9.84 Å². The quantitative estimate of drug-likeness (QED) is 0.805. The van der Waals surface area contributed by atoms with Crippen molar-refractivity contribution in [3.8, 4) is 0 Å². The summed E-state index contributed by atoms with van der Waals surface area (Å²) in [5.74, 6) is 0.342. The van der Waals surface area contributed by atoms with Crippen LogP contribution in [0.15, 0.2) is 6.07 Å². The van der Waals surface area contributed by atoms with Gasteiger partial charge in [-0.05, 0) is 19.9 Å². The third-order valence-corrected chi connectivity index (χ3v) is 5.05. The van der Waals surface area contributed by atoms with Crippen molar-refractivity contribution in [3.05, 3.63) is 23.0 Å². The fraction of sp³-hybridized carbons (Fsp3) is 0.500. The lowest BCUT2D eigenvalue weighted by atomic mass is 10.1. The maximum absolute atomic E-state index is 11.5. The molecule has 0 saturated carbocycles. The van der Waals surface area contributed by atoms with Crippen LogP contribution in [0.1, 0.15) is 17.0 Å². The number of rotatable bonds is 2. The molecule has 1 aliphatic rings. The molecular formula is C12H17N3O2S2. The first-order valence-electron chi connectivity index (χ1n) is 6.03. The molecule has 2 rings (SSSR count). The standard InChI is InChI=1S/C12H17N3O2S2/c1-8-7-10(11(12(13)18)9(2)14-8)15-3-5-19(16,17)6-4-15/h7H,3-6H2,1-2H3,(H2,13,18). The van der Waals surface area contributed by atoms with Crippen LogP contribution in [0.2, 0.25) is 0 Å². The Labute approximate surface area is 118 Å². The van der Waals surface area contributed by atoms with E-state index in [1.165, 1.54) is 0 Å². The van der Waals surface area contributed by atoms with Crippen molar-refractivity contribution in [2.24, 2.45) is 5.73 Å². The molecule has 7 heteroatoms. The number of nitrogens with zero attached hydrogens (tertiary/aromatic N) is 2. The second-order valence-corrected chi connectivity index (χ2v) is 7.49. The summed E-state index contributed by atoms with van der Waals surface area (Å²) in [5, 5.41) is 0. The van der Waals surface area contributed by atoms with Crippen LogP contribution in [0.3, 0.4) is 0 Å². The van der Waals surface area contributed by atoms with Crippen LogP contribution in [0.25, 0.3) is 0 Å². The Morgan fingerprint density at radius 3 is 2.47 bits per heavy atom. The van der Waals surface area contributed by atoms with E-state index >= 15 is 0 Å². The molecule has 5 nitrogen and oxygen atoms in total. The van der Waals surface area contributed by atoms with E-state index in [1.54, 1.807) is 0 Å². The highest BCUT2D eigenvalue weighted by Gasteiger charge is 2.24. The van der Waals surface area contributed by atoms with E-state index in [-0.39, 0.29) is 11.5 Å². The lowest BCUT2D eigenvalue weighted by Crippen LogP contribution is -2.41. The van der Waals surface area contributed by atoms with Crippen molar-refractivity contribution in [2.75, 3.05) is 29.5 Å². The molecule has 2 N–H and O–H groups in total. The van der Waals surface area contributed by atoms with Crippen LogP contribution in [0, 0.1) is 13.8 Å². The number of thiocarbonyl (C=S) groups is 1. The fourth-order valence-corrected chi connectivity index (χ4v) is 3.77. The first kappa shape index (κ1) is 14.2. The first-order valence-corrected chi connectivity index (χ1v) is 8.26. The monoisotopic (exact) mass is 299 g/mol. The Hall–Kier alpha value is -1.21. The van der Waals surface area contributed by atoms with E-state index in [1.807, 2.05) is 24.8 Å². The molecule has 0 spiro atoms. The molecular weight excluding hydrogens is 282 g/mol. The maximum atomic E-state index is 11.5. The van der Waals surface area contributed by atoms with Crippen LogP contribution in [-0.4, -0.2) is 43.0 Å². The van der Waals surface area contributed by atoms with Gasteiger partial charge in [0.25, 0.3) is 0 Å². The smallest absolute Gasteiger partial charge is 0.153 e. The number of pyridine rings is 1. The molecule has 1 aromatic heterocycles. The lowest BCUT2D eigenvalue weighted by molar-refractivity contribution is 0.587. The van der Waals surface area contributed by atoms with Gasteiger partial charge in [0.1, 0.15) is 4.99 Å². The molecule has 1 fully saturated rings. The summed E-state index contributed by atoms with van der Waals surface area (Å²) in [6, 6.07) is 1.92. The van der Waals surface area contributed by atoms with Gasteiger partial charge in [-0.15, -0.1) is 0 Å². The number of hydrogen-bond donors (Lipinski definition) is 1. The second kappa shape index (κ2) is 5.05. The van der Waals surface area contributed by atoms with Gasteiger partial charge in [-0.1, -0.05) is 12.2 Å². The van der Waals surface area contributed by atoms with Gasteiger partial charge in [-0.25, -0.2) is 8.42 Å². The number of anilines is 1. The number of aryl methyl sites for hydroxylation is 2. The summed E-state index contributed by atoms with van der Waals surface area (Å²) in [5.41, 5.74) is 9.08. The average molecular weight is 299 g/mol. The molecule has 0 atom stereocenters. The zero-order valence-electron chi connectivity index (χ0n) is 11.0. The van der Waals surface area contributed by atoms with Gasteiger partial charge in [-0.3, -0.25) is 4.98 Å². The Balaban J connectivity index is 2.42.